The highest BCUT2D eigenvalue weighted by Gasteiger charge is 2.52. The van der Waals surface area contributed by atoms with Crippen molar-refractivity contribution in [1.29, 1.82) is 0 Å². The second-order valence-corrected chi connectivity index (χ2v) is 12.7. The third kappa shape index (κ3) is 11.6. The van der Waals surface area contributed by atoms with Crippen molar-refractivity contribution in [3.8, 4) is 0 Å². The van der Waals surface area contributed by atoms with E-state index in [0.29, 0.717) is 25.7 Å². The Labute approximate surface area is 284 Å². The first-order chi connectivity index (χ1) is 23.3. The summed E-state index contributed by atoms with van der Waals surface area (Å²) in [7, 11) is 0. The number of ketones is 2. The van der Waals surface area contributed by atoms with Crippen molar-refractivity contribution < 1.29 is 89.1 Å². The van der Waals surface area contributed by atoms with Crippen LogP contribution in [-0.4, -0.2) is 181 Å². The highest BCUT2D eigenvalue weighted by Crippen LogP contribution is 2.31. The third-order valence-corrected chi connectivity index (χ3v) is 8.88. The Balaban J connectivity index is 1.61. The van der Waals surface area contributed by atoms with Gasteiger partial charge in [0.15, 0.2) is 18.9 Å². The smallest absolute Gasteiger partial charge is 0.187 e. The summed E-state index contributed by atoms with van der Waals surface area (Å²) in [6.45, 7) is -0.201. The van der Waals surface area contributed by atoms with E-state index >= 15 is 0 Å². The summed E-state index contributed by atoms with van der Waals surface area (Å²) in [5.41, 5.74) is 0. The van der Waals surface area contributed by atoms with Crippen LogP contribution in [0, 0.1) is 0 Å². The Morgan fingerprint density at radius 1 is 0.531 bits per heavy atom. The Kier molecular flexibility index (Phi) is 17.8. The minimum absolute atomic E-state index is 0.0151. The lowest BCUT2D eigenvalue weighted by Gasteiger charge is -2.46. The van der Waals surface area contributed by atoms with Gasteiger partial charge < -0.3 is 79.5 Å². The monoisotopic (exact) mass is 714 g/mol. The van der Waals surface area contributed by atoms with Crippen LogP contribution in [-0.2, 0) is 38.0 Å². The summed E-state index contributed by atoms with van der Waals surface area (Å²) in [6.07, 6.45) is -19.9. The Morgan fingerprint density at radius 3 is 1.59 bits per heavy atom. The Bertz CT molecular complexity index is 984. The van der Waals surface area contributed by atoms with Crippen LogP contribution in [0.25, 0.3) is 0 Å². The molecule has 49 heavy (non-hydrogen) atoms. The number of rotatable bonds is 20. The van der Waals surface area contributed by atoms with E-state index in [1.165, 1.54) is 0 Å². The van der Waals surface area contributed by atoms with Crippen LogP contribution in [0.4, 0.5) is 0 Å². The number of carbonyl (C=O) groups excluding carboxylic acids is 2. The summed E-state index contributed by atoms with van der Waals surface area (Å²) in [5.74, 6) is 0.202. The fourth-order valence-corrected chi connectivity index (χ4v) is 5.89. The number of hydrogen-bond acceptors (Lipinski definition) is 18. The van der Waals surface area contributed by atoms with Crippen LogP contribution in [0.3, 0.4) is 0 Å². The topological polar surface area (TPSA) is 292 Å². The number of hydrogen-bond donors (Lipinski definition) is 10. The van der Waals surface area contributed by atoms with E-state index in [0.717, 1.165) is 19.3 Å². The molecule has 3 aliphatic rings. The zero-order valence-corrected chi connectivity index (χ0v) is 27.6. The quantitative estimate of drug-likeness (QED) is 0.0540. The lowest BCUT2D eigenvalue weighted by atomic mass is 9.96. The zero-order chi connectivity index (χ0) is 36.2. The van der Waals surface area contributed by atoms with E-state index in [4.69, 9.17) is 28.4 Å². The Morgan fingerprint density at radius 2 is 1.02 bits per heavy atom. The van der Waals surface area contributed by atoms with Crippen molar-refractivity contribution >= 4 is 11.6 Å². The molecule has 0 aromatic heterocycles. The van der Waals surface area contributed by atoms with Gasteiger partial charge in [0.1, 0.15) is 84.8 Å². The molecule has 0 aromatic carbocycles. The van der Waals surface area contributed by atoms with Gasteiger partial charge >= 0.3 is 0 Å². The maximum atomic E-state index is 12.4. The van der Waals surface area contributed by atoms with Gasteiger partial charge in [-0.1, -0.05) is 13.3 Å². The SMILES string of the molecule is CCCC(=O)CCCCCC(=O)CCCO[C@H]1O[C@H](CO[C@H]2O[C@H](CO)[C@@H](O)[C@H](O)[C@@H]2O)[C@@H](O)[C@H](O[C@H]2O[C@H](CO)[C@@H](O)[C@H](O)[C@@H]2O)[C@@H]1O. The fraction of sp³-hybridized carbons (Fsp3) is 0.935. The van der Waals surface area contributed by atoms with Crippen molar-refractivity contribution in [2.75, 3.05) is 26.4 Å². The van der Waals surface area contributed by atoms with Crippen molar-refractivity contribution in [1.82, 2.24) is 0 Å². The highest BCUT2D eigenvalue weighted by atomic mass is 16.7. The number of Topliss-reactive ketones (excluding diaryl/α,β-unsaturated/α-hetero) is 2. The van der Waals surface area contributed by atoms with E-state index < -0.39 is 112 Å². The number of aliphatic hydroxyl groups is 10. The number of carbonyl (C=O) groups is 2. The number of aliphatic hydroxyl groups excluding tert-OH is 10. The molecule has 3 heterocycles. The van der Waals surface area contributed by atoms with Gasteiger partial charge in [-0.15, -0.1) is 0 Å². The number of ether oxygens (including phenoxy) is 6. The van der Waals surface area contributed by atoms with Gasteiger partial charge in [-0.3, -0.25) is 9.59 Å². The van der Waals surface area contributed by atoms with Crippen molar-refractivity contribution in [3.63, 3.8) is 0 Å². The van der Waals surface area contributed by atoms with E-state index in [9.17, 15) is 60.7 Å². The zero-order valence-electron chi connectivity index (χ0n) is 27.6. The minimum Gasteiger partial charge on any atom is -0.394 e. The first-order valence-electron chi connectivity index (χ1n) is 16.9. The molecule has 0 bridgehead atoms. The van der Waals surface area contributed by atoms with Crippen molar-refractivity contribution in [2.45, 2.75) is 157 Å². The molecular weight excluding hydrogens is 660 g/mol. The molecule has 286 valence electrons. The standard InChI is InChI=1S/C31H54O18/c1-2-7-15(34)8-4-3-5-9-16(35)10-6-11-44-30-27(43)28(49-31-26(42)24(40)21(37)18(13-33)47-31)22(38)19(48-30)14-45-29-25(41)23(39)20(36)17(12-32)46-29/h17-33,36-43H,2-14H2,1H3/t17-,18-,19-,20-,21-,22-,23+,24+,25+,26+,27+,28+,29+,30+,31-/m1/s1. The predicted octanol–water partition coefficient (Wildman–Crippen LogP) is -3.88. The molecule has 0 aromatic rings. The summed E-state index contributed by atoms with van der Waals surface area (Å²) in [6, 6.07) is 0. The maximum Gasteiger partial charge on any atom is 0.187 e. The minimum atomic E-state index is -1.87. The molecule has 3 aliphatic heterocycles. The molecular formula is C31H54O18. The second kappa shape index (κ2) is 20.7. The second-order valence-electron chi connectivity index (χ2n) is 12.7. The molecule has 0 unspecified atom stereocenters. The van der Waals surface area contributed by atoms with E-state index in [2.05, 4.69) is 0 Å². The molecule has 0 saturated carbocycles. The number of unbranched alkanes of at least 4 members (excludes halogenated alkanes) is 2. The van der Waals surface area contributed by atoms with Crippen molar-refractivity contribution in [2.24, 2.45) is 0 Å². The van der Waals surface area contributed by atoms with Gasteiger partial charge in [0.05, 0.1) is 26.4 Å². The third-order valence-electron chi connectivity index (χ3n) is 8.88. The summed E-state index contributed by atoms with van der Waals surface area (Å²) in [5, 5.41) is 102. The van der Waals surface area contributed by atoms with Crippen LogP contribution >= 0.6 is 0 Å². The first kappa shape index (κ1) is 42.1. The van der Waals surface area contributed by atoms with Crippen LogP contribution in [0.5, 0.6) is 0 Å². The van der Waals surface area contributed by atoms with Gasteiger partial charge in [0, 0.05) is 25.7 Å². The molecule has 18 heteroatoms. The van der Waals surface area contributed by atoms with Crippen LogP contribution < -0.4 is 0 Å². The average Bonchev–Trinajstić information content (AvgIpc) is 3.08. The molecule has 3 rings (SSSR count). The highest BCUT2D eigenvalue weighted by molar-refractivity contribution is 5.78. The predicted molar refractivity (Wildman–Crippen MR) is 162 cm³/mol. The maximum absolute atomic E-state index is 12.4. The molecule has 0 aliphatic carbocycles. The van der Waals surface area contributed by atoms with E-state index in [-0.39, 0.29) is 31.0 Å². The van der Waals surface area contributed by atoms with Gasteiger partial charge in [-0.2, -0.15) is 0 Å². The largest absolute Gasteiger partial charge is 0.394 e. The lowest BCUT2D eigenvalue weighted by molar-refractivity contribution is -0.366. The molecule has 3 saturated heterocycles. The molecule has 10 N–H and O–H groups in total. The normalized spacial score (nSPS) is 39.9. The molecule has 0 amide bonds. The van der Waals surface area contributed by atoms with Crippen LogP contribution in [0.15, 0.2) is 0 Å². The van der Waals surface area contributed by atoms with Gasteiger partial charge in [0.25, 0.3) is 0 Å². The van der Waals surface area contributed by atoms with Gasteiger partial charge in [-0.25, -0.2) is 0 Å². The lowest BCUT2D eigenvalue weighted by Crippen LogP contribution is -2.65. The summed E-state index contributed by atoms with van der Waals surface area (Å²) in [4.78, 5) is 24.0. The fourth-order valence-electron chi connectivity index (χ4n) is 5.89. The molecule has 18 nitrogen and oxygen atoms in total. The van der Waals surface area contributed by atoms with Crippen LogP contribution in [0.2, 0.25) is 0 Å². The molecule has 0 spiro atoms. The van der Waals surface area contributed by atoms with Gasteiger partial charge in [0.2, 0.25) is 0 Å². The molecule has 0 radical (unpaired) electrons. The van der Waals surface area contributed by atoms with E-state index in [1.54, 1.807) is 0 Å². The first-order valence-corrected chi connectivity index (χ1v) is 16.9. The summed E-state index contributed by atoms with van der Waals surface area (Å²) < 4.78 is 33.3. The van der Waals surface area contributed by atoms with Gasteiger partial charge in [-0.05, 0) is 25.7 Å². The Hall–Kier alpha value is -1.30. The summed E-state index contributed by atoms with van der Waals surface area (Å²) >= 11 is 0. The molecule has 3 fully saturated rings. The average molecular weight is 715 g/mol. The van der Waals surface area contributed by atoms with Crippen molar-refractivity contribution in [3.05, 3.63) is 0 Å². The van der Waals surface area contributed by atoms with Crippen LogP contribution in [0.1, 0.15) is 64.7 Å². The molecule has 15 atom stereocenters. The van der Waals surface area contributed by atoms with E-state index in [1.807, 2.05) is 6.92 Å².